The second kappa shape index (κ2) is 9.05. The molecule has 0 radical (unpaired) electrons. The van der Waals surface area contributed by atoms with E-state index >= 15 is 0 Å². The van der Waals surface area contributed by atoms with Crippen LogP contribution in [0.3, 0.4) is 0 Å². The van der Waals surface area contributed by atoms with Crippen LogP contribution in [0.1, 0.15) is 36.8 Å². The SMILES string of the molecule is O=C(CN1CCOC(C(=O)N2CCc3ccccc3C2)C1)N1CCCCCC1. The maximum absolute atomic E-state index is 13.0. The molecule has 2 fully saturated rings. The number of carbonyl (C=O) groups is 2. The lowest BCUT2D eigenvalue weighted by molar-refractivity contribution is -0.152. The Balaban J connectivity index is 1.32. The summed E-state index contributed by atoms with van der Waals surface area (Å²) in [5.74, 6) is 0.253. The topological polar surface area (TPSA) is 53.1 Å². The first-order valence-corrected chi connectivity index (χ1v) is 10.7. The molecule has 3 heterocycles. The molecule has 0 aromatic heterocycles. The van der Waals surface area contributed by atoms with Gasteiger partial charge in [0.15, 0.2) is 0 Å². The van der Waals surface area contributed by atoms with E-state index in [4.69, 9.17) is 4.74 Å². The Morgan fingerprint density at radius 1 is 0.929 bits per heavy atom. The van der Waals surface area contributed by atoms with E-state index in [9.17, 15) is 9.59 Å². The van der Waals surface area contributed by atoms with Crippen molar-refractivity contribution in [2.45, 2.75) is 44.8 Å². The van der Waals surface area contributed by atoms with Crippen molar-refractivity contribution in [1.29, 1.82) is 0 Å². The highest BCUT2D eigenvalue weighted by atomic mass is 16.5. The predicted molar refractivity (Wildman–Crippen MR) is 107 cm³/mol. The van der Waals surface area contributed by atoms with Crippen LogP contribution in [0.4, 0.5) is 0 Å². The summed E-state index contributed by atoms with van der Waals surface area (Å²) in [6, 6.07) is 8.33. The summed E-state index contributed by atoms with van der Waals surface area (Å²) < 4.78 is 5.80. The van der Waals surface area contributed by atoms with Crippen molar-refractivity contribution >= 4 is 11.8 Å². The number of likely N-dealkylation sites (tertiary alicyclic amines) is 1. The minimum absolute atomic E-state index is 0.0569. The molecule has 0 bridgehead atoms. The van der Waals surface area contributed by atoms with Crippen molar-refractivity contribution in [2.24, 2.45) is 0 Å². The second-order valence-corrected chi connectivity index (χ2v) is 8.17. The molecular weight excluding hydrogens is 354 g/mol. The quantitative estimate of drug-likeness (QED) is 0.794. The van der Waals surface area contributed by atoms with Gasteiger partial charge in [-0.3, -0.25) is 14.5 Å². The van der Waals surface area contributed by atoms with Gasteiger partial charge in [0.1, 0.15) is 6.10 Å². The van der Waals surface area contributed by atoms with E-state index in [1.165, 1.54) is 24.0 Å². The Bertz CT molecular complexity index is 700. The van der Waals surface area contributed by atoms with Gasteiger partial charge >= 0.3 is 0 Å². The Morgan fingerprint density at radius 2 is 1.68 bits per heavy atom. The Labute approximate surface area is 167 Å². The molecule has 6 nitrogen and oxygen atoms in total. The van der Waals surface area contributed by atoms with E-state index in [1.54, 1.807) is 0 Å². The fourth-order valence-electron chi connectivity index (χ4n) is 4.49. The first-order chi connectivity index (χ1) is 13.7. The maximum Gasteiger partial charge on any atom is 0.253 e. The van der Waals surface area contributed by atoms with Crippen LogP contribution < -0.4 is 0 Å². The van der Waals surface area contributed by atoms with Gasteiger partial charge in [0.25, 0.3) is 5.91 Å². The summed E-state index contributed by atoms with van der Waals surface area (Å²) in [5, 5.41) is 0. The minimum atomic E-state index is -0.462. The van der Waals surface area contributed by atoms with Crippen LogP contribution in [0, 0.1) is 0 Å². The number of hydrogen-bond donors (Lipinski definition) is 0. The molecule has 1 aromatic rings. The lowest BCUT2D eigenvalue weighted by Crippen LogP contribution is -2.53. The van der Waals surface area contributed by atoms with Gasteiger partial charge in [-0.05, 0) is 30.4 Å². The molecule has 1 atom stereocenters. The number of benzene rings is 1. The highest BCUT2D eigenvalue weighted by Crippen LogP contribution is 2.20. The standard InChI is InChI=1S/C22H31N3O3/c26-21(24-10-5-1-2-6-11-24)17-23-13-14-28-20(16-23)22(27)25-12-9-18-7-3-4-8-19(18)15-25/h3-4,7-8,20H,1-2,5-6,9-17H2. The largest absolute Gasteiger partial charge is 0.366 e. The van der Waals surface area contributed by atoms with E-state index in [-0.39, 0.29) is 11.8 Å². The van der Waals surface area contributed by atoms with Crippen molar-refractivity contribution in [3.8, 4) is 0 Å². The number of morpholine rings is 1. The number of hydrogen-bond acceptors (Lipinski definition) is 4. The molecule has 28 heavy (non-hydrogen) atoms. The Morgan fingerprint density at radius 3 is 2.46 bits per heavy atom. The molecule has 0 spiro atoms. The number of carbonyl (C=O) groups excluding carboxylic acids is 2. The van der Waals surface area contributed by atoms with Gasteiger partial charge in [-0.25, -0.2) is 0 Å². The molecule has 2 saturated heterocycles. The Kier molecular flexibility index (Phi) is 6.27. The van der Waals surface area contributed by atoms with Crippen LogP contribution >= 0.6 is 0 Å². The fraction of sp³-hybridized carbons (Fsp3) is 0.636. The zero-order valence-electron chi connectivity index (χ0n) is 16.6. The highest BCUT2D eigenvalue weighted by Gasteiger charge is 2.33. The summed E-state index contributed by atoms with van der Waals surface area (Å²) in [7, 11) is 0. The molecule has 3 aliphatic rings. The van der Waals surface area contributed by atoms with Crippen molar-refractivity contribution < 1.29 is 14.3 Å². The lowest BCUT2D eigenvalue weighted by atomic mass is 9.99. The molecule has 0 N–H and O–H groups in total. The summed E-state index contributed by atoms with van der Waals surface area (Å²) in [4.78, 5) is 31.7. The Hall–Kier alpha value is -1.92. The van der Waals surface area contributed by atoms with Crippen LogP contribution in [0.15, 0.2) is 24.3 Å². The zero-order chi connectivity index (χ0) is 19.3. The average Bonchev–Trinajstić information content (AvgIpc) is 3.03. The molecule has 6 heteroatoms. The van der Waals surface area contributed by atoms with Gasteiger partial charge < -0.3 is 14.5 Å². The van der Waals surface area contributed by atoms with E-state index in [2.05, 4.69) is 23.1 Å². The molecule has 0 aliphatic carbocycles. The summed E-state index contributed by atoms with van der Waals surface area (Å²) in [6.45, 7) is 5.27. The van der Waals surface area contributed by atoms with Crippen LogP contribution in [0.25, 0.3) is 0 Å². The van der Waals surface area contributed by atoms with Crippen LogP contribution in [-0.4, -0.2) is 78.5 Å². The van der Waals surface area contributed by atoms with E-state index in [1.807, 2.05) is 15.9 Å². The van der Waals surface area contributed by atoms with E-state index < -0.39 is 6.10 Å². The smallest absolute Gasteiger partial charge is 0.253 e. The molecule has 0 saturated carbocycles. The van der Waals surface area contributed by atoms with Crippen LogP contribution in [-0.2, 0) is 27.3 Å². The highest BCUT2D eigenvalue weighted by molar-refractivity contribution is 5.82. The van der Waals surface area contributed by atoms with Gasteiger partial charge in [-0.15, -0.1) is 0 Å². The second-order valence-electron chi connectivity index (χ2n) is 8.17. The van der Waals surface area contributed by atoms with Crippen molar-refractivity contribution in [2.75, 3.05) is 45.9 Å². The lowest BCUT2D eigenvalue weighted by Gasteiger charge is -2.37. The third-order valence-corrected chi connectivity index (χ3v) is 6.19. The molecule has 1 unspecified atom stereocenters. The first kappa shape index (κ1) is 19.4. The van der Waals surface area contributed by atoms with Crippen molar-refractivity contribution in [1.82, 2.24) is 14.7 Å². The molecule has 1 aromatic carbocycles. The van der Waals surface area contributed by atoms with Gasteiger partial charge in [-0.1, -0.05) is 37.1 Å². The molecule has 3 aliphatic heterocycles. The average molecular weight is 386 g/mol. The van der Waals surface area contributed by atoms with E-state index in [0.29, 0.717) is 32.8 Å². The van der Waals surface area contributed by atoms with Gasteiger partial charge in [0.05, 0.1) is 13.2 Å². The normalized spacial score (nSPS) is 23.8. The van der Waals surface area contributed by atoms with Crippen molar-refractivity contribution in [3.05, 3.63) is 35.4 Å². The van der Waals surface area contributed by atoms with Crippen molar-refractivity contribution in [3.63, 3.8) is 0 Å². The van der Waals surface area contributed by atoms with Crippen LogP contribution in [0.2, 0.25) is 0 Å². The zero-order valence-corrected chi connectivity index (χ0v) is 16.6. The third kappa shape index (κ3) is 4.55. The summed E-state index contributed by atoms with van der Waals surface area (Å²) in [6.07, 6.45) is 5.08. The maximum atomic E-state index is 13.0. The van der Waals surface area contributed by atoms with E-state index in [0.717, 1.165) is 38.9 Å². The van der Waals surface area contributed by atoms with Gasteiger partial charge in [0, 0.05) is 39.3 Å². The number of rotatable bonds is 3. The number of nitrogens with zero attached hydrogens (tertiary/aromatic N) is 3. The molecule has 152 valence electrons. The molecule has 4 rings (SSSR count). The summed E-state index contributed by atoms with van der Waals surface area (Å²) >= 11 is 0. The molecule has 2 amide bonds. The predicted octanol–water partition coefficient (Wildman–Crippen LogP) is 1.67. The summed E-state index contributed by atoms with van der Waals surface area (Å²) in [5.41, 5.74) is 2.56. The monoisotopic (exact) mass is 385 g/mol. The number of fused-ring (bicyclic) bond motifs is 1. The van der Waals surface area contributed by atoms with Gasteiger partial charge in [-0.2, -0.15) is 0 Å². The number of ether oxygens (including phenoxy) is 1. The third-order valence-electron chi connectivity index (χ3n) is 6.19. The number of amides is 2. The molecular formula is C22H31N3O3. The first-order valence-electron chi connectivity index (χ1n) is 10.7. The fourth-order valence-corrected chi connectivity index (χ4v) is 4.49. The minimum Gasteiger partial charge on any atom is -0.366 e. The van der Waals surface area contributed by atoms with Crippen LogP contribution in [0.5, 0.6) is 0 Å². The van der Waals surface area contributed by atoms with Gasteiger partial charge in [0.2, 0.25) is 5.91 Å².